The molecule has 7 nitrogen and oxygen atoms in total. The van der Waals surface area contributed by atoms with Crippen molar-refractivity contribution in [2.24, 2.45) is 0 Å². The molecule has 0 bridgehead atoms. The normalized spacial score (nSPS) is 10.5. The van der Waals surface area contributed by atoms with Gasteiger partial charge in [-0.05, 0) is 24.3 Å². The number of nitrogens with zero attached hydrogens (tertiary/aromatic N) is 1. The molecule has 0 saturated carbocycles. The Morgan fingerprint density at radius 3 is 2.76 bits per heavy atom. The second kappa shape index (κ2) is 6.90. The molecule has 0 aliphatic rings. The van der Waals surface area contributed by atoms with Crippen LogP contribution in [0.5, 0.6) is 0 Å². The van der Waals surface area contributed by atoms with Gasteiger partial charge in [0.05, 0.1) is 6.26 Å². The summed E-state index contributed by atoms with van der Waals surface area (Å²) in [6.45, 7) is -0.179. The van der Waals surface area contributed by atoms with Crippen molar-refractivity contribution in [3.8, 4) is 0 Å². The first kappa shape index (κ1) is 14.3. The van der Waals surface area contributed by atoms with E-state index in [0.29, 0.717) is 5.76 Å². The summed E-state index contributed by atoms with van der Waals surface area (Å²) in [6, 6.07) is 7.94. The molecule has 2 aromatic heterocycles. The van der Waals surface area contributed by atoms with Gasteiger partial charge >= 0.3 is 0 Å². The number of hydrogen-bond acceptors (Lipinski definition) is 4. The maximum atomic E-state index is 11.6. The van der Waals surface area contributed by atoms with Crippen LogP contribution < -0.4 is 16.4 Å². The quantitative estimate of drug-likeness (QED) is 0.625. The van der Waals surface area contributed by atoms with Gasteiger partial charge in [0.25, 0.3) is 17.4 Å². The molecule has 0 saturated heterocycles. The van der Waals surface area contributed by atoms with E-state index < -0.39 is 11.8 Å². The van der Waals surface area contributed by atoms with Crippen molar-refractivity contribution < 1.29 is 14.0 Å². The van der Waals surface area contributed by atoms with Crippen LogP contribution in [0.15, 0.2) is 58.1 Å². The van der Waals surface area contributed by atoms with E-state index in [1.165, 1.54) is 35.2 Å². The van der Waals surface area contributed by atoms with E-state index in [1.807, 2.05) is 0 Å². The predicted octanol–water partition coefficient (Wildman–Crippen LogP) is 0.302. The summed E-state index contributed by atoms with van der Waals surface area (Å²) in [7, 11) is 0. The zero-order chi connectivity index (χ0) is 15.1. The lowest BCUT2D eigenvalue weighted by atomic mass is 10.4. The molecule has 7 heteroatoms. The zero-order valence-corrected chi connectivity index (χ0v) is 11.0. The van der Waals surface area contributed by atoms with Crippen LogP contribution >= 0.6 is 0 Å². The summed E-state index contributed by atoms with van der Waals surface area (Å²) >= 11 is 0. The number of carbonyl (C=O) groups is 2. The van der Waals surface area contributed by atoms with Crippen molar-refractivity contribution in [1.82, 2.24) is 15.4 Å². The molecule has 0 radical (unpaired) electrons. The number of amides is 2. The number of nitrogens with one attached hydrogen (secondary N) is 2. The molecule has 21 heavy (non-hydrogen) atoms. The minimum Gasteiger partial charge on any atom is -0.465 e. The molecule has 0 unspecified atom stereocenters. The first-order valence-corrected chi connectivity index (χ1v) is 6.11. The predicted molar refractivity (Wildman–Crippen MR) is 74.7 cm³/mol. The third-order valence-corrected chi connectivity index (χ3v) is 2.48. The second-order valence-electron chi connectivity index (χ2n) is 4.05. The molecular weight excluding hydrogens is 274 g/mol. The van der Waals surface area contributed by atoms with Crippen molar-refractivity contribution in [3.05, 3.63) is 65.0 Å². The van der Waals surface area contributed by atoms with Gasteiger partial charge in [-0.25, -0.2) is 0 Å². The Kier molecular flexibility index (Phi) is 4.70. The Labute approximate surface area is 119 Å². The highest BCUT2D eigenvalue weighted by Gasteiger charge is 2.04. The Morgan fingerprint density at radius 1 is 1.19 bits per heavy atom. The van der Waals surface area contributed by atoms with Crippen LogP contribution in [0.2, 0.25) is 0 Å². The second-order valence-corrected chi connectivity index (χ2v) is 4.05. The Hall–Kier alpha value is -3.09. The topological polar surface area (TPSA) is 93.3 Å². The number of furan rings is 1. The number of hydrazine groups is 1. The van der Waals surface area contributed by atoms with E-state index in [2.05, 4.69) is 10.9 Å². The average Bonchev–Trinajstić information content (AvgIpc) is 2.99. The fraction of sp³-hybridized carbons (Fsp3) is 0.0714. The van der Waals surface area contributed by atoms with Crippen LogP contribution in [0.4, 0.5) is 0 Å². The van der Waals surface area contributed by atoms with E-state index in [-0.39, 0.29) is 12.1 Å². The molecule has 108 valence electrons. The minimum absolute atomic E-state index is 0.179. The van der Waals surface area contributed by atoms with Gasteiger partial charge in [0, 0.05) is 18.3 Å². The van der Waals surface area contributed by atoms with Crippen LogP contribution in [0, 0.1) is 0 Å². The van der Waals surface area contributed by atoms with Crippen LogP contribution in [0.3, 0.4) is 0 Å². The van der Waals surface area contributed by atoms with Gasteiger partial charge in [0.15, 0.2) is 0 Å². The highest BCUT2D eigenvalue weighted by molar-refractivity contribution is 5.92. The number of hydrogen-bond donors (Lipinski definition) is 2. The summed E-state index contributed by atoms with van der Waals surface area (Å²) in [5.41, 5.74) is 4.12. The minimum atomic E-state index is -0.514. The third kappa shape index (κ3) is 4.50. The highest BCUT2D eigenvalue weighted by atomic mass is 16.3. The van der Waals surface area contributed by atoms with E-state index in [9.17, 15) is 14.4 Å². The summed E-state index contributed by atoms with van der Waals surface area (Å²) in [5, 5.41) is 0. The van der Waals surface area contributed by atoms with Gasteiger partial charge in [-0.3, -0.25) is 25.2 Å². The van der Waals surface area contributed by atoms with Gasteiger partial charge in [-0.15, -0.1) is 0 Å². The lowest BCUT2D eigenvalue weighted by Crippen LogP contribution is -2.43. The first-order chi connectivity index (χ1) is 10.1. The lowest BCUT2D eigenvalue weighted by Gasteiger charge is -2.06. The Morgan fingerprint density at radius 2 is 2.05 bits per heavy atom. The van der Waals surface area contributed by atoms with Crippen molar-refractivity contribution in [2.75, 3.05) is 0 Å². The first-order valence-electron chi connectivity index (χ1n) is 6.11. The molecule has 2 N–H and O–H groups in total. The van der Waals surface area contributed by atoms with Crippen LogP contribution in [0.1, 0.15) is 5.76 Å². The van der Waals surface area contributed by atoms with Gasteiger partial charge in [-0.1, -0.05) is 6.07 Å². The number of aromatic nitrogens is 1. The van der Waals surface area contributed by atoms with E-state index in [4.69, 9.17) is 4.42 Å². The van der Waals surface area contributed by atoms with Crippen LogP contribution in [0.25, 0.3) is 6.08 Å². The zero-order valence-electron chi connectivity index (χ0n) is 11.0. The Bertz CT molecular complexity index is 701. The van der Waals surface area contributed by atoms with Crippen LogP contribution in [-0.2, 0) is 16.1 Å². The molecule has 2 amide bonds. The lowest BCUT2D eigenvalue weighted by molar-refractivity contribution is -0.127. The third-order valence-electron chi connectivity index (χ3n) is 2.48. The molecule has 2 rings (SSSR count). The number of rotatable bonds is 4. The average molecular weight is 287 g/mol. The van der Waals surface area contributed by atoms with Crippen molar-refractivity contribution in [1.29, 1.82) is 0 Å². The Balaban J connectivity index is 1.80. The van der Waals surface area contributed by atoms with E-state index >= 15 is 0 Å². The summed E-state index contributed by atoms with van der Waals surface area (Å²) in [6.07, 6.45) is 5.65. The molecular formula is C14H13N3O4. The van der Waals surface area contributed by atoms with Gasteiger partial charge < -0.3 is 8.98 Å². The molecule has 2 heterocycles. The largest absolute Gasteiger partial charge is 0.465 e. The maximum Gasteiger partial charge on any atom is 0.262 e. The molecule has 0 aromatic carbocycles. The molecule has 0 aliphatic heterocycles. The summed E-state index contributed by atoms with van der Waals surface area (Å²) in [5.74, 6) is -0.504. The fourth-order valence-electron chi connectivity index (χ4n) is 1.50. The van der Waals surface area contributed by atoms with Crippen molar-refractivity contribution in [3.63, 3.8) is 0 Å². The van der Waals surface area contributed by atoms with Crippen molar-refractivity contribution in [2.45, 2.75) is 6.54 Å². The van der Waals surface area contributed by atoms with E-state index in [0.717, 1.165) is 0 Å². The van der Waals surface area contributed by atoms with Gasteiger partial charge in [0.2, 0.25) is 0 Å². The SMILES string of the molecule is O=C(/C=C/c1ccco1)NNC(=O)Cn1ccccc1=O. The van der Waals surface area contributed by atoms with Gasteiger partial charge in [-0.2, -0.15) is 0 Å². The molecule has 0 aliphatic carbocycles. The number of pyridine rings is 1. The standard InChI is InChI=1S/C14H13N3O4/c18-12(7-6-11-4-3-9-21-11)15-16-13(19)10-17-8-2-1-5-14(17)20/h1-9H,10H2,(H,15,18)(H,16,19)/b7-6+. The molecule has 2 aromatic rings. The number of carbonyl (C=O) groups excluding carboxylic acids is 2. The van der Waals surface area contributed by atoms with Crippen LogP contribution in [-0.4, -0.2) is 16.4 Å². The fourth-order valence-corrected chi connectivity index (χ4v) is 1.50. The smallest absolute Gasteiger partial charge is 0.262 e. The monoisotopic (exact) mass is 287 g/mol. The summed E-state index contributed by atoms with van der Waals surface area (Å²) < 4.78 is 6.23. The molecule has 0 spiro atoms. The molecule has 0 fully saturated rings. The maximum absolute atomic E-state index is 11.6. The van der Waals surface area contributed by atoms with Gasteiger partial charge in [0.1, 0.15) is 12.3 Å². The highest BCUT2D eigenvalue weighted by Crippen LogP contribution is 2.01. The van der Waals surface area contributed by atoms with E-state index in [1.54, 1.807) is 24.3 Å². The summed E-state index contributed by atoms with van der Waals surface area (Å²) in [4.78, 5) is 34.4. The van der Waals surface area contributed by atoms with Crippen molar-refractivity contribution >= 4 is 17.9 Å². The molecule has 0 atom stereocenters.